The Kier molecular flexibility index (Phi) is 3.38. The molecule has 2 unspecified atom stereocenters. The molecule has 3 rings (SSSR count). The third kappa shape index (κ3) is 2.42. The van der Waals surface area contributed by atoms with E-state index in [1.54, 1.807) is 18.5 Å². The Morgan fingerprint density at radius 2 is 2.21 bits per heavy atom. The lowest BCUT2D eigenvalue weighted by Crippen LogP contribution is -2.46. The molecule has 0 aliphatic carbocycles. The molecule has 1 aromatic heterocycles. The smallest absolute Gasteiger partial charge is 0.256 e. The third-order valence-corrected chi connectivity index (χ3v) is 3.75. The fourth-order valence-corrected chi connectivity index (χ4v) is 2.86. The van der Waals surface area contributed by atoms with Crippen LogP contribution in [-0.2, 0) is 4.74 Å². The summed E-state index contributed by atoms with van der Waals surface area (Å²) in [5, 5.41) is 3.19. The van der Waals surface area contributed by atoms with E-state index in [1.165, 1.54) is 0 Å². The van der Waals surface area contributed by atoms with Gasteiger partial charge in [-0.05, 0) is 25.8 Å². The highest BCUT2D eigenvalue weighted by molar-refractivity contribution is 5.99. The van der Waals surface area contributed by atoms with Crippen LogP contribution in [-0.4, -0.2) is 47.6 Å². The van der Waals surface area contributed by atoms with Crippen LogP contribution < -0.4 is 5.32 Å². The molecule has 1 amide bonds. The molecule has 19 heavy (non-hydrogen) atoms. The van der Waals surface area contributed by atoms with E-state index in [0.29, 0.717) is 18.7 Å². The Hall–Kier alpha value is -1.62. The predicted molar refractivity (Wildman–Crippen MR) is 72.2 cm³/mol. The molecular weight excluding hydrogens is 242 g/mol. The minimum atomic E-state index is 0.0820. The van der Waals surface area contributed by atoms with Crippen LogP contribution >= 0.6 is 0 Å². The van der Waals surface area contributed by atoms with Crippen molar-refractivity contribution in [3.63, 3.8) is 0 Å². The summed E-state index contributed by atoms with van der Waals surface area (Å²) in [6.07, 6.45) is 5.99. The second-order valence-electron chi connectivity index (χ2n) is 5.12. The van der Waals surface area contributed by atoms with Gasteiger partial charge >= 0.3 is 0 Å². The summed E-state index contributed by atoms with van der Waals surface area (Å²) < 4.78 is 5.77. The first kappa shape index (κ1) is 12.4. The zero-order chi connectivity index (χ0) is 13.2. The van der Waals surface area contributed by atoms with Gasteiger partial charge < -0.3 is 15.0 Å². The summed E-state index contributed by atoms with van der Waals surface area (Å²) in [6.45, 7) is 4.21. The Morgan fingerprint density at radius 3 is 2.89 bits per heavy atom. The molecule has 3 heterocycles. The summed E-state index contributed by atoms with van der Waals surface area (Å²) >= 11 is 0. The number of hydrogen-bond donors (Lipinski definition) is 1. The zero-order valence-electron chi connectivity index (χ0n) is 11.1. The maximum Gasteiger partial charge on any atom is 0.256 e. The summed E-state index contributed by atoms with van der Waals surface area (Å²) in [4.78, 5) is 18.6. The molecule has 5 heteroatoms. The van der Waals surface area contributed by atoms with Crippen LogP contribution in [0.15, 0.2) is 18.5 Å². The van der Waals surface area contributed by atoms with Gasteiger partial charge in [0.25, 0.3) is 5.91 Å². The number of nitrogens with one attached hydrogen (secondary N) is 1. The first-order valence-corrected chi connectivity index (χ1v) is 6.90. The number of fused-ring (bicyclic) bond motifs is 2. The summed E-state index contributed by atoms with van der Waals surface area (Å²) in [5.41, 5.74) is 1.52. The van der Waals surface area contributed by atoms with Crippen molar-refractivity contribution in [2.24, 2.45) is 0 Å². The number of rotatable bonds is 3. The number of hydrogen-bond acceptors (Lipinski definition) is 4. The van der Waals surface area contributed by atoms with E-state index >= 15 is 0 Å². The molecule has 2 saturated heterocycles. The van der Waals surface area contributed by atoms with Crippen molar-refractivity contribution in [3.8, 4) is 0 Å². The number of carbonyl (C=O) groups excluding carboxylic acids is 1. The molecule has 2 aliphatic heterocycles. The van der Waals surface area contributed by atoms with Gasteiger partial charge in [-0.1, -0.05) is 0 Å². The molecule has 1 aromatic rings. The van der Waals surface area contributed by atoms with E-state index in [2.05, 4.69) is 10.3 Å². The Morgan fingerprint density at radius 1 is 1.47 bits per heavy atom. The van der Waals surface area contributed by atoms with Crippen molar-refractivity contribution in [1.82, 2.24) is 9.88 Å². The molecule has 102 valence electrons. The van der Waals surface area contributed by atoms with Gasteiger partial charge in [0.05, 0.1) is 29.7 Å². The number of anilines is 1. The molecule has 2 bridgehead atoms. The van der Waals surface area contributed by atoms with Gasteiger partial charge in [-0.2, -0.15) is 0 Å². The summed E-state index contributed by atoms with van der Waals surface area (Å²) in [7, 11) is 0. The minimum Gasteiger partial charge on any atom is -0.383 e. The Labute approximate surface area is 113 Å². The van der Waals surface area contributed by atoms with Crippen LogP contribution in [0.5, 0.6) is 0 Å². The maximum atomic E-state index is 12.6. The van der Waals surface area contributed by atoms with Gasteiger partial charge in [0.15, 0.2) is 0 Å². The van der Waals surface area contributed by atoms with Crippen LogP contribution in [0.4, 0.5) is 5.69 Å². The molecule has 0 spiro atoms. The number of likely N-dealkylation sites (tertiary alicyclic amines) is 1. The van der Waals surface area contributed by atoms with Crippen LogP contribution in [0.1, 0.15) is 30.1 Å². The maximum absolute atomic E-state index is 12.6. The van der Waals surface area contributed by atoms with Crippen molar-refractivity contribution < 1.29 is 9.53 Å². The molecule has 0 radical (unpaired) electrons. The van der Waals surface area contributed by atoms with E-state index in [-0.39, 0.29) is 18.1 Å². The van der Waals surface area contributed by atoms with Crippen LogP contribution in [0.2, 0.25) is 0 Å². The van der Waals surface area contributed by atoms with Gasteiger partial charge in [0.2, 0.25) is 0 Å². The van der Waals surface area contributed by atoms with Gasteiger partial charge in [-0.3, -0.25) is 9.78 Å². The van der Waals surface area contributed by atoms with Crippen molar-refractivity contribution >= 4 is 11.6 Å². The highest BCUT2D eigenvalue weighted by atomic mass is 16.5. The van der Waals surface area contributed by atoms with Gasteiger partial charge in [0.1, 0.15) is 0 Å². The molecule has 5 nitrogen and oxygen atoms in total. The number of carbonyl (C=O) groups is 1. The van der Waals surface area contributed by atoms with Gasteiger partial charge in [-0.25, -0.2) is 0 Å². The van der Waals surface area contributed by atoms with Crippen molar-refractivity contribution in [2.75, 3.05) is 25.0 Å². The van der Waals surface area contributed by atoms with Gasteiger partial charge in [0, 0.05) is 25.8 Å². The molecule has 0 aromatic carbocycles. The number of morpholine rings is 1. The normalized spacial score (nSPS) is 25.4. The molecule has 0 saturated carbocycles. The lowest BCUT2D eigenvalue weighted by Gasteiger charge is -2.32. The van der Waals surface area contributed by atoms with Crippen molar-refractivity contribution in [2.45, 2.75) is 32.0 Å². The van der Waals surface area contributed by atoms with Crippen LogP contribution in [0.25, 0.3) is 0 Å². The first-order chi connectivity index (χ1) is 9.28. The van der Waals surface area contributed by atoms with E-state index < -0.39 is 0 Å². The molecule has 2 atom stereocenters. The highest BCUT2D eigenvalue weighted by Gasteiger charge is 2.36. The second kappa shape index (κ2) is 5.17. The van der Waals surface area contributed by atoms with Crippen molar-refractivity contribution in [3.05, 3.63) is 24.0 Å². The van der Waals surface area contributed by atoms with E-state index in [0.717, 1.165) is 25.1 Å². The number of pyridine rings is 1. The molecule has 2 fully saturated rings. The van der Waals surface area contributed by atoms with Gasteiger partial charge in [-0.15, -0.1) is 0 Å². The number of amides is 1. The Balaban J connectivity index is 1.80. The quantitative estimate of drug-likeness (QED) is 0.896. The second-order valence-corrected chi connectivity index (χ2v) is 5.12. The topological polar surface area (TPSA) is 54.5 Å². The van der Waals surface area contributed by atoms with Crippen LogP contribution in [0, 0.1) is 0 Å². The van der Waals surface area contributed by atoms with E-state index in [1.807, 2.05) is 11.8 Å². The lowest BCUT2D eigenvalue weighted by molar-refractivity contribution is -0.0303. The average molecular weight is 261 g/mol. The van der Waals surface area contributed by atoms with E-state index in [9.17, 15) is 4.79 Å². The minimum absolute atomic E-state index is 0.0820. The third-order valence-electron chi connectivity index (χ3n) is 3.75. The van der Waals surface area contributed by atoms with E-state index in [4.69, 9.17) is 4.74 Å². The SMILES string of the molecule is CCNc1cnccc1C(=O)N1CC2CCC(C1)O2. The molecule has 1 N–H and O–H groups in total. The lowest BCUT2D eigenvalue weighted by atomic mass is 10.1. The fourth-order valence-electron chi connectivity index (χ4n) is 2.86. The largest absolute Gasteiger partial charge is 0.383 e. The molecular formula is C14H19N3O2. The standard InChI is InChI=1S/C14H19N3O2/c1-2-16-13-7-15-6-5-12(13)14(18)17-8-10-3-4-11(9-17)19-10/h5-7,10-11,16H,2-4,8-9H2,1H3. The number of ether oxygens (including phenoxy) is 1. The van der Waals surface area contributed by atoms with Crippen molar-refractivity contribution in [1.29, 1.82) is 0 Å². The first-order valence-electron chi connectivity index (χ1n) is 6.90. The zero-order valence-corrected chi connectivity index (χ0v) is 11.1. The predicted octanol–water partition coefficient (Wildman–Crippen LogP) is 1.52. The summed E-state index contributed by atoms with van der Waals surface area (Å²) in [6, 6.07) is 1.79. The fraction of sp³-hybridized carbons (Fsp3) is 0.571. The Bertz CT molecular complexity index is 466. The highest BCUT2D eigenvalue weighted by Crippen LogP contribution is 2.28. The van der Waals surface area contributed by atoms with Crippen LogP contribution in [0.3, 0.4) is 0 Å². The number of aromatic nitrogens is 1. The number of nitrogens with zero attached hydrogens (tertiary/aromatic N) is 2. The average Bonchev–Trinajstić information content (AvgIpc) is 2.78. The molecule has 2 aliphatic rings. The monoisotopic (exact) mass is 261 g/mol. The summed E-state index contributed by atoms with van der Waals surface area (Å²) in [5.74, 6) is 0.0820.